The van der Waals surface area contributed by atoms with E-state index in [4.69, 9.17) is 4.74 Å². The molecule has 1 heterocycles. The van der Waals surface area contributed by atoms with Crippen molar-refractivity contribution in [2.45, 2.75) is 18.7 Å². The van der Waals surface area contributed by atoms with Crippen LogP contribution >= 0.6 is 0 Å². The molecule has 1 aliphatic heterocycles. The second-order valence-electron chi connectivity index (χ2n) is 6.17. The first-order valence-electron chi connectivity index (χ1n) is 7.92. The van der Waals surface area contributed by atoms with Gasteiger partial charge in [-0.2, -0.15) is 13.2 Å². The maximum Gasteiger partial charge on any atom is 0.416 e. The molecule has 1 fully saturated rings. The summed E-state index contributed by atoms with van der Waals surface area (Å²) in [5.41, 5.74) is 1.20. The number of hydrogen-bond donors (Lipinski definition) is 1. The van der Waals surface area contributed by atoms with Crippen molar-refractivity contribution in [3.05, 3.63) is 71.3 Å². The predicted octanol–water partition coefficient (Wildman–Crippen LogP) is 4.24. The van der Waals surface area contributed by atoms with Gasteiger partial charge in [0.25, 0.3) is 0 Å². The maximum absolute atomic E-state index is 12.6. The summed E-state index contributed by atoms with van der Waals surface area (Å²) in [5, 5.41) is 9.77. The summed E-state index contributed by atoms with van der Waals surface area (Å²) in [4.78, 5) is 0. The van der Waals surface area contributed by atoms with Gasteiger partial charge in [0.2, 0.25) is 0 Å². The van der Waals surface area contributed by atoms with Crippen LogP contribution in [-0.2, 0) is 17.3 Å². The highest BCUT2D eigenvalue weighted by atomic mass is 19.4. The van der Waals surface area contributed by atoms with Gasteiger partial charge in [0.05, 0.1) is 18.3 Å². The summed E-state index contributed by atoms with van der Waals surface area (Å²) in [6.45, 7) is 0.483. The van der Waals surface area contributed by atoms with E-state index in [-0.39, 0.29) is 24.5 Å². The third-order valence-electron chi connectivity index (χ3n) is 4.60. The minimum atomic E-state index is -4.32. The van der Waals surface area contributed by atoms with Crippen LogP contribution in [0.15, 0.2) is 54.6 Å². The number of hydrogen-bond acceptors (Lipinski definition) is 2. The molecule has 2 nitrogen and oxygen atoms in total. The number of rotatable bonds is 4. The van der Waals surface area contributed by atoms with Gasteiger partial charge in [0.15, 0.2) is 0 Å². The van der Waals surface area contributed by atoms with Crippen LogP contribution in [0.5, 0.6) is 0 Å². The van der Waals surface area contributed by atoms with Crippen LogP contribution in [0.1, 0.15) is 22.8 Å². The van der Waals surface area contributed by atoms with Crippen molar-refractivity contribution < 1.29 is 23.0 Å². The van der Waals surface area contributed by atoms with E-state index in [9.17, 15) is 18.3 Å². The highest BCUT2D eigenvalue weighted by Gasteiger charge is 2.37. The fourth-order valence-corrected chi connectivity index (χ4v) is 3.30. The van der Waals surface area contributed by atoms with Crippen molar-refractivity contribution in [2.75, 3.05) is 13.2 Å². The number of benzene rings is 2. The monoisotopic (exact) mass is 336 g/mol. The Labute approximate surface area is 138 Å². The van der Waals surface area contributed by atoms with Gasteiger partial charge in [-0.1, -0.05) is 42.5 Å². The largest absolute Gasteiger partial charge is 0.416 e. The van der Waals surface area contributed by atoms with Crippen LogP contribution in [-0.4, -0.2) is 18.3 Å². The second-order valence-corrected chi connectivity index (χ2v) is 6.17. The summed E-state index contributed by atoms with van der Waals surface area (Å²) in [5.74, 6) is 0.0200. The molecule has 128 valence electrons. The molecule has 0 aromatic heterocycles. The topological polar surface area (TPSA) is 29.5 Å². The zero-order valence-electron chi connectivity index (χ0n) is 13.0. The summed E-state index contributed by atoms with van der Waals surface area (Å²) in [6, 6.07) is 14.9. The fourth-order valence-electron chi connectivity index (χ4n) is 3.30. The molecular formula is C19H19F3O2. The molecule has 0 amide bonds. The first-order valence-corrected chi connectivity index (χ1v) is 7.92. The molecule has 1 aliphatic rings. The predicted molar refractivity (Wildman–Crippen MR) is 84.3 cm³/mol. The van der Waals surface area contributed by atoms with E-state index < -0.39 is 11.7 Å². The zero-order valence-corrected chi connectivity index (χ0v) is 13.0. The quantitative estimate of drug-likeness (QED) is 0.905. The Morgan fingerprint density at radius 3 is 2.25 bits per heavy atom. The second kappa shape index (κ2) is 6.95. The van der Waals surface area contributed by atoms with E-state index in [1.54, 1.807) is 0 Å². The van der Waals surface area contributed by atoms with Gasteiger partial charge in [-0.3, -0.25) is 0 Å². The van der Waals surface area contributed by atoms with E-state index in [2.05, 4.69) is 0 Å². The van der Waals surface area contributed by atoms with Crippen molar-refractivity contribution in [1.29, 1.82) is 0 Å². The SMILES string of the molecule is OC[C@H]1[C@@H](Cc2ccc(C(F)(F)F)cc2)CO[C@@H]1c1ccccc1. The van der Waals surface area contributed by atoms with Crippen molar-refractivity contribution in [3.8, 4) is 0 Å². The minimum absolute atomic E-state index is 0.00907. The number of aliphatic hydroxyl groups is 1. The van der Waals surface area contributed by atoms with Crippen LogP contribution in [0.25, 0.3) is 0 Å². The Hall–Kier alpha value is -1.85. The van der Waals surface area contributed by atoms with Gasteiger partial charge in [0, 0.05) is 12.5 Å². The molecule has 5 heteroatoms. The molecule has 0 aliphatic carbocycles. The Morgan fingerprint density at radius 1 is 1.00 bits per heavy atom. The lowest BCUT2D eigenvalue weighted by atomic mass is 9.84. The zero-order chi connectivity index (χ0) is 17.2. The van der Waals surface area contributed by atoms with E-state index in [1.165, 1.54) is 12.1 Å². The van der Waals surface area contributed by atoms with Crippen molar-refractivity contribution in [2.24, 2.45) is 11.8 Å². The van der Waals surface area contributed by atoms with Gasteiger partial charge in [-0.05, 0) is 35.6 Å². The van der Waals surface area contributed by atoms with Gasteiger partial charge in [-0.25, -0.2) is 0 Å². The van der Waals surface area contributed by atoms with Crippen LogP contribution in [0.4, 0.5) is 13.2 Å². The minimum Gasteiger partial charge on any atom is -0.396 e. The average Bonchev–Trinajstić information content (AvgIpc) is 2.98. The molecule has 2 aromatic rings. The maximum atomic E-state index is 12.6. The third-order valence-corrected chi connectivity index (χ3v) is 4.60. The lowest BCUT2D eigenvalue weighted by molar-refractivity contribution is -0.137. The molecule has 0 unspecified atom stereocenters. The summed E-state index contributed by atoms with van der Waals surface area (Å²) in [7, 11) is 0. The lowest BCUT2D eigenvalue weighted by Crippen LogP contribution is -2.21. The summed E-state index contributed by atoms with van der Waals surface area (Å²) in [6.07, 6.45) is -3.90. The number of alkyl halides is 3. The Bertz CT molecular complexity index is 653. The normalized spacial score (nSPS) is 24.2. The molecule has 1 saturated heterocycles. The highest BCUT2D eigenvalue weighted by molar-refractivity contribution is 5.26. The molecule has 0 spiro atoms. The van der Waals surface area contributed by atoms with E-state index in [0.29, 0.717) is 13.0 Å². The fraction of sp³-hybridized carbons (Fsp3) is 0.368. The Morgan fingerprint density at radius 2 is 1.67 bits per heavy atom. The van der Waals surface area contributed by atoms with Crippen LogP contribution in [0.2, 0.25) is 0 Å². The smallest absolute Gasteiger partial charge is 0.396 e. The number of ether oxygens (including phenoxy) is 1. The molecule has 2 aromatic carbocycles. The first-order chi connectivity index (χ1) is 11.5. The standard InChI is InChI=1S/C19H19F3O2/c20-19(21,22)16-8-6-13(7-9-16)10-15-12-24-18(17(15)11-23)14-4-2-1-3-5-14/h1-9,15,17-18,23H,10-12H2/t15-,17-,18+/m0/s1. The Kier molecular flexibility index (Phi) is 4.92. The molecule has 0 radical (unpaired) electrons. The van der Waals surface area contributed by atoms with Gasteiger partial charge in [-0.15, -0.1) is 0 Å². The van der Waals surface area contributed by atoms with Gasteiger partial charge < -0.3 is 9.84 Å². The van der Waals surface area contributed by atoms with Crippen LogP contribution < -0.4 is 0 Å². The lowest BCUT2D eigenvalue weighted by Gasteiger charge is -2.21. The molecular weight excluding hydrogens is 317 g/mol. The number of halogens is 3. The van der Waals surface area contributed by atoms with Crippen LogP contribution in [0.3, 0.4) is 0 Å². The van der Waals surface area contributed by atoms with E-state index in [0.717, 1.165) is 23.3 Å². The molecule has 24 heavy (non-hydrogen) atoms. The van der Waals surface area contributed by atoms with E-state index in [1.807, 2.05) is 30.3 Å². The average molecular weight is 336 g/mol. The van der Waals surface area contributed by atoms with E-state index >= 15 is 0 Å². The van der Waals surface area contributed by atoms with Crippen LogP contribution in [0, 0.1) is 11.8 Å². The van der Waals surface area contributed by atoms with Gasteiger partial charge in [0.1, 0.15) is 0 Å². The third kappa shape index (κ3) is 3.62. The van der Waals surface area contributed by atoms with Gasteiger partial charge >= 0.3 is 6.18 Å². The number of aliphatic hydroxyl groups excluding tert-OH is 1. The van der Waals surface area contributed by atoms with Crippen molar-refractivity contribution in [1.82, 2.24) is 0 Å². The molecule has 1 N–H and O–H groups in total. The van der Waals surface area contributed by atoms with Crippen molar-refractivity contribution >= 4 is 0 Å². The Balaban J connectivity index is 1.71. The highest BCUT2D eigenvalue weighted by Crippen LogP contribution is 2.39. The molecule has 3 rings (SSSR count). The summed E-state index contributed by atoms with van der Waals surface area (Å²) < 4.78 is 43.7. The first kappa shape index (κ1) is 17.0. The molecule has 3 atom stereocenters. The summed E-state index contributed by atoms with van der Waals surface area (Å²) >= 11 is 0. The molecule has 0 saturated carbocycles. The van der Waals surface area contributed by atoms with Crippen molar-refractivity contribution in [3.63, 3.8) is 0 Å². The molecule has 0 bridgehead atoms.